The third kappa shape index (κ3) is 2.28. The van der Waals surface area contributed by atoms with Gasteiger partial charge in [-0.1, -0.05) is 6.07 Å². The number of hydrogen-bond acceptors (Lipinski definition) is 2. The summed E-state index contributed by atoms with van der Waals surface area (Å²) >= 11 is 0. The number of aromatic nitrogens is 1. The number of rotatable bonds is 2. The number of carbonyl (C=O) groups is 1. The van der Waals surface area contributed by atoms with E-state index >= 15 is 0 Å². The third-order valence-electron chi connectivity index (χ3n) is 2.23. The lowest BCUT2D eigenvalue weighted by molar-refractivity contribution is 0.0696. The van der Waals surface area contributed by atoms with Crippen molar-refractivity contribution in [2.75, 3.05) is 0 Å². The van der Waals surface area contributed by atoms with Crippen LogP contribution >= 0.6 is 0 Å². The highest BCUT2D eigenvalue weighted by atomic mass is 19.1. The van der Waals surface area contributed by atoms with E-state index in [1.165, 1.54) is 18.3 Å². The molecule has 17 heavy (non-hydrogen) atoms. The molecule has 0 bridgehead atoms. The molecule has 0 amide bonds. The van der Waals surface area contributed by atoms with E-state index in [2.05, 4.69) is 4.98 Å². The van der Waals surface area contributed by atoms with Gasteiger partial charge in [0.05, 0.1) is 11.8 Å². The first kappa shape index (κ1) is 11.2. The summed E-state index contributed by atoms with van der Waals surface area (Å²) in [7, 11) is 0. The summed E-state index contributed by atoms with van der Waals surface area (Å²) in [5.74, 6) is -2.52. The molecule has 1 aromatic carbocycles. The molecule has 0 atom stereocenters. The summed E-state index contributed by atoms with van der Waals surface area (Å²) < 4.78 is 26.5. The molecule has 86 valence electrons. The van der Waals surface area contributed by atoms with Crippen LogP contribution in [0.1, 0.15) is 10.4 Å². The molecule has 0 aliphatic rings. The zero-order valence-electron chi connectivity index (χ0n) is 8.52. The van der Waals surface area contributed by atoms with Crippen molar-refractivity contribution in [2.45, 2.75) is 0 Å². The van der Waals surface area contributed by atoms with Gasteiger partial charge in [-0.05, 0) is 18.2 Å². The minimum atomic E-state index is -1.21. The van der Waals surface area contributed by atoms with Crippen molar-refractivity contribution in [3.63, 3.8) is 0 Å². The van der Waals surface area contributed by atoms with Crippen molar-refractivity contribution in [2.24, 2.45) is 0 Å². The van der Waals surface area contributed by atoms with Crippen LogP contribution in [0.25, 0.3) is 11.1 Å². The second-order valence-corrected chi connectivity index (χ2v) is 3.39. The van der Waals surface area contributed by atoms with Gasteiger partial charge in [-0.25, -0.2) is 13.6 Å². The number of nitrogens with zero attached hydrogens (tertiary/aromatic N) is 1. The summed E-state index contributed by atoms with van der Waals surface area (Å²) in [5.41, 5.74) is 0.219. The second-order valence-electron chi connectivity index (χ2n) is 3.39. The van der Waals surface area contributed by atoms with E-state index in [0.29, 0.717) is 0 Å². The average molecular weight is 235 g/mol. The standard InChI is InChI=1S/C12H7F2NO2/c13-9-3-8(5-15-6-9)10-2-1-7(12(16)17)4-11(10)14/h1-6H,(H,16,17). The fraction of sp³-hybridized carbons (Fsp3) is 0. The van der Waals surface area contributed by atoms with Crippen molar-refractivity contribution in [3.05, 3.63) is 53.9 Å². The van der Waals surface area contributed by atoms with Crippen LogP contribution in [0.4, 0.5) is 8.78 Å². The topological polar surface area (TPSA) is 50.2 Å². The van der Waals surface area contributed by atoms with Crippen molar-refractivity contribution < 1.29 is 18.7 Å². The molecule has 1 heterocycles. The smallest absolute Gasteiger partial charge is 0.335 e. The summed E-state index contributed by atoms with van der Waals surface area (Å²) in [4.78, 5) is 14.2. The first-order chi connectivity index (χ1) is 8.08. The molecule has 0 unspecified atom stereocenters. The van der Waals surface area contributed by atoms with Crippen molar-refractivity contribution in [1.29, 1.82) is 0 Å². The largest absolute Gasteiger partial charge is 0.478 e. The molecular weight excluding hydrogens is 228 g/mol. The Morgan fingerprint density at radius 3 is 2.53 bits per heavy atom. The van der Waals surface area contributed by atoms with Crippen LogP contribution in [0.5, 0.6) is 0 Å². The van der Waals surface area contributed by atoms with Crippen LogP contribution < -0.4 is 0 Å². The number of hydrogen-bond donors (Lipinski definition) is 1. The van der Waals surface area contributed by atoms with Crippen LogP contribution in [0.3, 0.4) is 0 Å². The number of aromatic carboxylic acids is 1. The molecule has 5 heteroatoms. The molecule has 0 spiro atoms. The lowest BCUT2D eigenvalue weighted by atomic mass is 10.0. The van der Waals surface area contributed by atoms with E-state index in [1.54, 1.807) is 0 Å². The number of halogens is 2. The fourth-order valence-corrected chi connectivity index (χ4v) is 1.44. The number of benzene rings is 1. The number of pyridine rings is 1. The zero-order valence-corrected chi connectivity index (χ0v) is 8.52. The summed E-state index contributed by atoms with van der Waals surface area (Å²) in [6.45, 7) is 0. The van der Waals surface area contributed by atoms with Crippen molar-refractivity contribution in [1.82, 2.24) is 4.98 Å². The Hall–Kier alpha value is -2.30. The van der Waals surface area contributed by atoms with Gasteiger partial charge in [0.25, 0.3) is 0 Å². The van der Waals surface area contributed by atoms with Crippen LogP contribution in [0.2, 0.25) is 0 Å². The van der Waals surface area contributed by atoms with Gasteiger partial charge in [0.15, 0.2) is 0 Å². The normalized spacial score (nSPS) is 10.2. The highest BCUT2D eigenvalue weighted by Crippen LogP contribution is 2.23. The van der Waals surface area contributed by atoms with Crippen molar-refractivity contribution >= 4 is 5.97 Å². The lowest BCUT2D eigenvalue weighted by Crippen LogP contribution is -1.97. The van der Waals surface area contributed by atoms with E-state index in [4.69, 9.17) is 5.11 Å². The monoisotopic (exact) mass is 235 g/mol. The van der Waals surface area contributed by atoms with Crippen LogP contribution in [-0.4, -0.2) is 16.1 Å². The molecule has 0 radical (unpaired) electrons. The summed E-state index contributed by atoms with van der Waals surface area (Å²) in [5, 5.41) is 8.68. The first-order valence-corrected chi connectivity index (χ1v) is 4.71. The third-order valence-corrected chi connectivity index (χ3v) is 2.23. The maximum Gasteiger partial charge on any atom is 0.335 e. The van der Waals surface area contributed by atoms with Gasteiger partial charge in [0.2, 0.25) is 0 Å². The van der Waals surface area contributed by atoms with E-state index in [0.717, 1.165) is 18.3 Å². The highest BCUT2D eigenvalue weighted by molar-refractivity contribution is 5.88. The van der Waals surface area contributed by atoms with Gasteiger partial charge in [0.1, 0.15) is 11.6 Å². The van der Waals surface area contributed by atoms with E-state index < -0.39 is 17.6 Å². The predicted molar refractivity (Wildman–Crippen MR) is 56.5 cm³/mol. The van der Waals surface area contributed by atoms with Crippen LogP contribution in [-0.2, 0) is 0 Å². The van der Waals surface area contributed by atoms with Gasteiger partial charge in [-0.15, -0.1) is 0 Å². The zero-order chi connectivity index (χ0) is 12.4. The molecule has 2 rings (SSSR count). The molecule has 1 aromatic heterocycles. The van der Waals surface area contributed by atoms with Gasteiger partial charge >= 0.3 is 5.97 Å². The molecule has 0 aliphatic carbocycles. The SMILES string of the molecule is O=C(O)c1ccc(-c2cncc(F)c2)c(F)c1. The Labute approximate surface area is 95.4 Å². The van der Waals surface area contributed by atoms with Gasteiger partial charge in [-0.3, -0.25) is 4.98 Å². The lowest BCUT2D eigenvalue weighted by Gasteiger charge is -2.04. The summed E-state index contributed by atoms with van der Waals surface area (Å²) in [6, 6.07) is 4.56. The molecular formula is C12H7F2NO2. The van der Waals surface area contributed by atoms with Crippen molar-refractivity contribution in [3.8, 4) is 11.1 Å². The molecule has 0 saturated carbocycles. The maximum absolute atomic E-state index is 13.6. The van der Waals surface area contributed by atoms with Gasteiger partial charge < -0.3 is 5.11 Å². The Balaban J connectivity index is 2.50. The quantitative estimate of drug-likeness (QED) is 0.870. The molecule has 0 aliphatic heterocycles. The predicted octanol–water partition coefficient (Wildman–Crippen LogP) is 2.73. The molecule has 1 N–H and O–H groups in total. The van der Waals surface area contributed by atoms with E-state index in [1.807, 2.05) is 0 Å². The first-order valence-electron chi connectivity index (χ1n) is 4.71. The minimum absolute atomic E-state index is 0.113. The Morgan fingerprint density at radius 2 is 1.94 bits per heavy atom. The van der Waals surface area contributed by atoms with Gasteiger partial charge in [-0.2, -0.15) is 0 Å². The minimum Gasteiger partial charge on any atom is -0.478 e. The number of carboxylic acids is 1. The second kappa shape index (κ2) is 4.29. The summed E-state index contributed by atoms with van der Waals surface area (Å²) in [6.07, 6.45) is 2.31. The maximum atomic E-state index is 13.6. The van der Waals surface area contributed by atoms with Crippen LogP contribution in [0.15, 0.2) is 36.7 Å². The Morgan fingerprint density at radius 1 is 1.18 bits per heavy atom. The Kier molecular flexibility index (Phi) is 2.82. The van der Waals surface area contributed by atoms with E-state index in [-0.39, 0.29) is 16.7 Å². The van der Waals surface area contributed by atoms with Gasteiger partial charge in [0, 0.05) is 17.3 Å². The molecule has 0 fully saturated rings. The van der Waals surface area contributed by atoms with Crippen LogP contribution in [0, 0.1) is 11.6 Å². The molecule has 3 nitrogen and oxygen atoms in total. The molecule has 0 saturated heterocycles. The average Bonchev–Trinajstić information content (AvgIpc) is 2.28. The van der Waals surface area contributed by atoms with E-state index in [9.17, 15) is 13.6 Å². The molecule has 2 aromatic rings. The number of carboxylic acid groups (broad SMARTS) is 1. The fourth-order valence-electron chi connectivity index (χ4n) is 1.44. The Bertz CT molecular complexity index is 584. The highest BCUT2D eigenvalue weighted by Gasteiger charge is 2.10.